The van der Waals surface area contributed by atoms with E-state index >= 15 is 0 Å². The van der Waals surface area contributed by atoms with Crippen LogP contribution in [-0.4, -0.2) is 21.4 Å². The summed E-state index contributed by atoms with van der Waals surface area (Å²) in [6.07, 6.45) is 2.03. The number of aryl methyl sites for hydroxylation is 1. The van der Waals surface area contributed by atoms with Crippen molar-refractivity contribution < 1.29 is 9.90 Å². The molecule has 1 N–H and O–H groups in total. The Morgan fingerprint density at radius 3 is 2.88 bits per heavy atom. The summed E-state index contributed by atoms with van der Waals surface area (Å²) in [6, 6.07) is 5.43. The molecule has 0 saturated heterocycles. The van der Waals surface area contributed by atoms with Gasteiger partial charge in [-0.05, 0) is 23.4 Å². The van der Waals surface area contributed by atoms with Crippen LogP contribution in [0, 0.1) is 0 Å². The van der Waals surface area contributed by atoms with E-state index in [9.17, 15) is 9.90 Å². The van der Waals surface area contributed by atoms with Gasteiger partial charge in [-0.25, -0.2) is 4.79 Å². The van der Waals surface area contributed by atoms with Gasteiger partial charge >= 0.3 is 5.97 Å². The van der Waals surface area contributed by atoms with Gasteiger partial charge in [-0.1, -0.05) is 13.0 Å². The number of carboxylic acid groups (broad SMARTS) is 1. The van der Waals surface area contributed by atoms with E-state index < -0.39 is 5.97 Å². The lowest BCUT2D eigenvalue weighted by Gasteiger charge is -2.01. The molecule has 0 spiro atoms. The second kappa shape index (κ2) is 4.84. The monoisotopic (exact) mass is 249 g/mol. The molecule has 3 nitrogen and oxygen atoms in total. The van der Waals surface area contributed by atoms with Gasteiger partial charge in [0.1, 0.15) is 0 Å². The van der Waals surface area contributed by atoms with Gasteiger partial charge in [-0.2, -0.15) is 11.8 Å². The number of benzene rings is 1. The van der Waals surface area contributed by atoms with Crippen molar-refractivity contribution in [2.24, 2.45) is 7.05 Å². The minimum Gasteiger partial charge on any atom is -0.478 e. The third kappa shape index (κ3) is 2.17. The first kappa shape index (κ1) is 12.0. The number of carbonyl (C=O) groups is 1. The molecule has 4 heteroatoms. The number of carboxylic acids is 1. The van der Waals surface area contributed by atoms with Crippen molar-refractivity contribution in [1.82, 2.24) is 4.57 Å². The average molecular weight is 249 g/mol. The van der Waals surface area contributed by atoms with E-state index in [0.717, 1.165) is 28.0 Å². The lowest BCUT2D eigenvalue weighted by Crippen LogP contribution is -1.98. The highest BCUT2D eigenvalue weighted by molar-refractivity contribution is 7.98. The summed E-state index contributed by atoms with van der Waals surface area (Å²) < 4.78 is 1.99. The number of rotatable bonds is 4. The van der Waals surface area contributed by atoms with E-state index in [4.69, 9.17) is 0 Å². The number of hydrogen-bond donors (Lipinski definition) is 1. The van der Waals surface area contributed by atoms with Crippen LogP contribution in [0.25, 0.3) is 10.9 Å². The van der Waals surface area contributed by atoms with Crippen molar-refractivity contribution in [2.75, 3.05) is 5.75 Å². The van der Waals surface area contributed by atoms with Crippen LogP contribution in [0.2, 0.25) is 0 Å². The van der Waals surface area contributed by atoms with E-state index in [0.29, 0.717) is 5.56 Å². The van der Waals surface area contributed by atoms with Crippen LogP contribution in [0.5, 0.6) is 0 Å². The van der Waals surface area contributed by atoms with Crippen LogP contribution in [0.3, 0.4) is 0 Å². The Morgan fingerprint density at radius 2 is 2.24 bits per heavy atom. The fourth-order valence-electron chi connectivity index (χ4n) is 2.04. The first-order valence-electron chi connectivity index (χ1n) is 5.53. The second-order valence-corrected chi connectivity index (χ2v) is 5.18. The SMILES string of the molecule is CCSCc1cn(C)c2cccc(C(=O)O)c12. The van der Waals surface area contributed by atoms with Gasteiger partial charge in [-0.3, -0.25) is 0 Å². The average Bonchev–Trinajstić information content (AvgIpc) is 2.64. The molecule has 1 heterocycles. The second-order valence-electron chi connectivity index (χ2n) is 3.91. The minimum absolute atomic E-state index is 0.398. The molecule has 1 aromatic heterocycles. The Morgan fingerprint density at radius 1 is 1.47 bits per heavy atom. The normalized spacial score (nSPS) is 10.9. The van der Waals surface area contributed by atoms with Crippen molar-refractivity contribution in [3.05, 3.63) is 35.5 Å². The minimum atomic E-state index is -0.857. The van der Waals surface area contributed by atoms with Gasteiger partial charge in [-0.15, -0.1) is 0 Å². The number of thioether (sulfide) groups is 1. The van der Waals surface area contributed by atoms with E-state index in [2.05, 4.69) is 6.92 Å². The van der Waals surface area contributed by atoms with Gasteiger partial charge in [0, 0.05) is 29.9 Å². The zero-order valence-corrected chi connectivity index (χ0v) is 10.8. The molecule has 0 atom stereocenters. The van der Waals surface area contributed by atoms with Crippen LogP contribution in [0.4, 0.5) is 0 Å². The van der Waals surface area contributed by atoms with Crippen molar-refractivity contribution >= 4 is 28.6 Å². The maximum Gasteiger partial charge on any atom is 0.336 e. The molecule has 0 radical (unpaired) electrons. The quantitative estimate of drug-likeness (QED) is 0.905. The molecule has 0 fully saturated rings. The molecule has 17 heavy (non-hydrogen) atoms. The van der Waals surface area contributed by atoms with E-state index in [1.165, 1.54) is 0 Å². The smallest absolute Gasteiger partial charge is 0.336 e. The maximum atomic E-state index is 11.2. The molecule has 2 rings (SSSR count). The lowest BCUT2D eigenvalue weighted by atomic mass is 10.1. The molecule has 0 bridgehead atoms. The van der Waals surface area contributed by atoms with Crippen LogP contribution in [-0.2, 0) is 12.8 Å². The van der Waals surface area contributed by atoms with Crippen LogP contribution in [0.15, 0.2) is 24.4 Å². The van der Waals surface area contributed by atoms with Gasteiger partial charge in [0.2, 0.25) is 0 Å². The molecular weight excluding hydrogens is 234 g/mol. The highest BCUT2D eigenvalue weighted by Gasteiger charge is 2.14. The summed E-state index contributed by atoms with van der Waals surface area (Å²) in [7, 11) is 1.95. The zero-order valence-electron chi connectivity index (χ0n) is 9.93. The van der Waals surface area contributed by atoms with Crippen LogP contribution in [0.1, 0.15) is 22.8 Å². The highest BCUT2D eigenvalue weighted by atomic mass is 32.2. The van der Waals surface area contributed by atoms with E-state index in [1.807, 2.05) is 23.9 Å². The Hall–Kier alpha value is -1.42. The van der Waals surface area contributed by atoms with Crippen molar-refractivity contribution in [3.63, 3.8) is 0 Å². The summed E-state index contributed by atoms with van der Waals surface area (Å²) in [6.45, 7) is 2.11. The largest absolute Gasteiger partial charge is 0.478 e. The first-order valence-corrected chi connectivity index (χ1v) is 6.68. The van der Waals surface area contributed by atoms with Gasteiger partial charge < -0.3 is 9.67 Å². The first-order chi connectivity index (χ1) is 8.15. The molecule has 0 amide bonds. The number of nitrogens with zero attached hydrogens (tertiary/aromatic N) is 1. The summed E-state index contributed by atoms with van der Waals surface area (Å²) in [5.41, 5.74) is 2.48. The van der Waals surface area contributed by atoms with Crippen LogP contribution >= 0.6 is 11.8 Å². The number of fused-ring (bicyclic) bond motifs is 1. The number of aromatic carboxylic acids is 1. The third-order valence-electron chi connectivity index (χ3n) is 2.79. The van der Waals surface area contributed by atoms with Crippen molar-refractivity contribution in [3.8, 4) is 0 Å². The summed E-state index contributed by atoms with van der Waals surface area (Å²) in [4.78, 5) is 11.2. The molecular formula is C13H15NO2S. The fourth-order valence-corrected chi connectivity index (χ4v) is 2.68. The van der Waals surface area contributed by atoms with E-state index in [-0.39, 0.29) is 0 Å². The number of aromatic nitrogens is 1. The van der Waals surface area contributed by atoms with Crippen molar-refractivity contribution in [2.45, 2.75) is 12.7 Å². The van der Waals surface area contributed by atoms with E-state index in [1.54, 1.807) is 23.9 Å². The Labute approximate surface area is 104 Å². The van der Waals surface area contributed by atoms with Gasteiger partial charge in [0.25, 0.3) is 0 Å². The standard InChI is InChI=1S/C13H15NO2S/c1-3-17-8-9-7-14(2)11-6-4-5-10(12(9)11)13(15)16/h4-7H,3,8H2,1-2H3,(H,15,16). The molecule has 90 valence electrons. The Balaban J connectivity index is 2.63. The summed E-state index contributed by atoms with van der Waals surface area (Å²) >= 11 is 1.80. The van der Waals surface area contributed by atoms with Gasteiger partial charge in [0.15, 0.2) is 0 Å². The maximum absolute atomic E-state index is 11.2. The topological polar surface area (TPSA) is 42.2 Å². The molecule has 1 aromatic carbocycles. The van der Waals surface area contributed by atoms with Crippen molar-refractivity contribution in [1.29, 1.82) is 0 Å². The Kier molecular flexibility index (Phi) is 3.43. The van der Waals surface area contributed by atoms with Crippen LogP contribution < -0.4 is 0 Å². The summed E-state index contributed by atoms with van der Waals surface area (Å²) in [5.74, 6) is 1.04. The molecule has 0 aliphatic heterocycles. The molecule has 2 aromatic rings. The van der Waals surface area contributed by atoms with Gasteiger partial charge in [0.05, 0.1) is 5.56 Å². The predicted octanol–water partition coefficient (Wildman–Crippen LogP) is 3.13. The lowest BCUT2D eigenvalue weighted by molar-refractivity contribution is 0.0699. The molecule has 0 saturated carbocycles. The predicted molar refractivity (Wildman–Crippen MR) is 71.7 cm³/mol. The zero-order chi connectivity index (χ0) is 12.4. The summed E-state index contributed by atoms with van der Waals surface area (Å²) in [5, 5.41) is 10.1. The fraction of sp³-hybridized carbons (Fsp3) is 0.308. The molecule has 0 aliphatic carbocycles. The Bertz CT molecular complexity index is 560. The number of hydrogen-bond acceptors (Lipinski definition) is 2. The highest BCUT2D eigenvalue weighted by Crippen LogP contribution is 2.27. The molecule has 0 unspecified atom stereocenters. The molecule has 0 aliphatic rings. The third-order valence-corrected chi connectivity index (χ3v) is 3.71.